The molecule has 3 aromatic rings. The molecule has 14 heteroatoms. The molecule has 0 aromatic heterocycles. The van der Waals surface area contributed by atoms with E-state index in [2.05, 4.69) is 59.7 Å². The van der Waals surface area contributed by atoms with Gasteiger partial charge in [0.15, 0.2) is 23.5 Å². The summed E-state index contributed by atoms with van der Waals surface area (Å²) in [5.41, 5.74) is 5.54. The number of nitrogens with one attached hydrogen (secondary N) is 3. The summed E-state index contributed by atoms with van der Waals surface area (Å²) in [5, 5.41) is 20.3. The van der Waals surface area contributed by atoms with Gasteiger partial charge in [0.05, 0.1) is 41.0 Å². The highest BCUT2D eigenvalue weighted by molar-refractivity contribution is 14.1. The van der Waals surface area contributed by atoms with Crippen molar-refractivity contribution >= 4 is 68.3 Å². The zero-order chi connectivity index (χ0) is 32.5. The number of hydrogen-bond acceptors (Lipinski definition) is 9. The fraction of sp³-hybridized carbons (Fsp3) is 0.258. The number of allylic oxidation sites excluding steroid dienone is 1. The van der Waals surface area contributed by atoms with E-state index in [0.717, 1.165) is 9.13 Å². The van der Waals surface area contributed by atoms with Crippen molar-refractivity contribution in [2.45, 2.75) is 32.7 Å². The van der Waals surface area contributed by atoms with Gasteiger partial charge >= 0.3 is 12.0 Å². The summed E-state index contributed by atoms with van der Waals surface area (Å²) in [7, 11) is 1.27. The molecule has 0 saturated carbocycles. The van der Waals surface area contributed by atoms with Gasteiger partial charge in [-0.1, -0.05) is 29.8 Å². The van der Waals surface area contributed by atoms with Crippen molar-refractivity contribution in [1.29, 1.82) is 0 Å². The molecule has 1 aliphatic heterocycles. The Morgan fingerprint density at radius 3 is 2.60 bits per heavy atom. The van der Waals surface area contributed by atoms with Gasteiger partial charge in [0.1, 0.15) is 13.2 Å². The van der Waals surface area contributed by atoms with Crippen LogP contribution < -0.4 is 30.3 Å². The molecule has 0 unspecified atom stereocenters. The van der Waals surface area contributed by atoms with Crippen LogP contribution in [0.4, 0.5) is 4.79 Å². The Morgan fingerprint density at radius 1 is 1.16 bits per heavy atom. The average molecular weight is 814 g/mol. The molecular weight excluding hydrogens is 783 g/mol. The summed E-state index contributed by atoms with van der Waals surface area (Å²) in [5.74, 6) is 0.654. The van der Waals surface area contributed by atoms with E-state index in [1.165, 1.54) is 13.3 Å². The second-order valence-corrected chi connectivity index (χ2v) is 12.2. The number of methoxy groups -OCH3 is 1. The first-order chi connectivity index (χ1) is 21.6. The van der Waals surface area contributed by atoms with E-state index in [-0.39, 0.29) is 12.2 Å². The van der Waals surface area contributed by atoms with E-state index in [9.17, 15) is 14.7 Å². The maximum atomic E-state index is 12.4. The van der Waals surface area contributed by atoms with Crippen LogP contribution in [0.15, 0.2) is 75.4 Å². The molecule has 0 bridgehead atoms. The molecule has 4 N–H and O–H groups in total. The van der Waals surface area contributed by atoms with Crippen LogP contribution in [0.3, 0.4) is 0 Å². The van der Waals surface area contributed by atoms with Gasteiger partial charge in [-0.25, -0.2) is 9.59 Å². The number of carbonyl (C=O) groups excluding carboxylic acids is 2. The van der Waals surface area contributed by atoms with Crippen LogP contribution in [-0.2, 0) is 16.1 Å². The molecule has 3 aromatic carbocycles. The first-order valence-electron chi connectivity index (χ1n) is 13.7. The summed E-state index contributed by atoms with van der Waals surface area (Å²) >= 11 is 12.2. The molecular formula is C31H31BrClIN4O7. The number of esters is 1. The Labute approximate surface area is 287 Å². The van der Waals surface area contributed by atoms with E-state index in [4.69, 9.17) is 30.5 Å². The number of carbonyl (C=O) groups is 2. The molecule has 2 atom stereocenters. The van der Waals surface area contributed by atoms with E-state index < -0.39 is 24.3 Å². The average Bonchev–Trinajstić information content (AvgIpc) is 3.00. The first kappa shape index (κ1) is 34.3. The summed E-state index contributed by atoms with van der Waals surface area (Å²) in [6.45, 7) is 3.97. The Kier molecular flexibility index (Phi) is 12.3. The molecule has 1 aliphatic rings. The molecule has 4 rings (SSSR count). The van der Waals surface area contributed by atoms with Crippen LogP contribution in [0.2, 0.25) is 5.02 Å². The maximum absolute atomic E-state index is 12.4. The fourth-order valence-corrected chi connectivity index (χ4v) is 5.70. The van der Waals surface area contributed by atoms with Crippen molar-refractivity contribution < 1.29 is 33.6 Å². The topological polar surface area (TPSA) is 140 Å². The zero-order valence-corrected chi connectivity index (χ0v) is 29.0. The van der Waals surface area contributed by atoms with Gasteiger partial charge in [-0.3, -0.25) is 5.43 Å². The van der Waals surface area contributed by atoms with Gasteiger partial charge in [-0.05, 0) is 105 Å². The minimum absolute atomic E-state index is 0.164. The highest BCUT2D eigenvalue weighted by atomic mass is 127. The quantitative estimate of drug-likeness (QED) is 0.0559. The molecule has 0 aliphatic carbocycles. The molecule has 1 heterocycles. The lowest BCUT2D eigenvalue weighted by molar-refractivity contribution is -0.136. The number of rotatable bonds is 13. The number of amides is 2. The van der Waals surface area contributed by atoms with Gasteiger partial charge in [0, 0.05) is 9.27 Å². The zero-order valence-electron chi connectivity index (χ0n) is 24.5. The summed E-state index contributed by atoms with van der Waals surface area (Å²) in [4.78, 5) is 24.6. The maximum Gasteiger partial charge on any atom is 0.337 e. The Balaban J connectivity index is 1.37. The smallest absolute Gasteiger partial charge is 0.337 e. The third-order valence-corrected chi connectivity index (χ3v) is 8.02. The van der Waals surface area contributed by atoms with Gasteiger partial charge in [-0.2, -0.15) is 5.10 Å². The lowest BCUT2D eigenvalue weighted by Gasteiger charge is -2.28. The van der Waals surface area contributed by atoms with Gasteiger partial charge < -0.3 is 34.7 Å². The number of urea groups is 1. The summed E-state index contributed by atoms with van der Waals surface area (Å²) in [6, 6.07) is 15.3. The third-order valence-electron chi connectivity index (χ3n) is 6.43. The Bertz CT molecular complexity index is 1580. The first-order valence-corrected chi connectivity index (χ1v) is 15.9. The van der Waals surface area contributed by atoms with Crippen molar-refractivity contribution in [3.05, 3.63) is 95.6 Å². The molecule has 11 nitrogen and oxygen atoms in total. The van der Waals surface area contributed by atoms with Crippen LogP contribution in [-0.4, -0.2) is 49.9 Å². The summed E-state index contributed by atoms with van der Waals surface area (Å²) < 4.78 is 24.2. The number of hydrogen-bond donors (Lipinski definition) is 4. The van der Waals surface area contributed by atoms with Crippen molar-refractivity contribution in [3.8, 4) is 17.2 Å². The molecule has 2 amide bonds. The van der Waals surface area contributed by atoms with Crippen LogP contribution in [0.1, 0.15) is 36.6 Å². The number of aliphatic hydroxyl groups is 1. The molecule has 0 saturated heterocycles. The Hall–Kier alpha value is -3.53. The normalized spacial score (nSPS) is 15.3. The van der Waals surface area contributed by atoms with Crippen LogP contribution in [0, 0.1) is 3.57 Å². The predicted octanol–water partition coefficient (Wildman–Crippen LogP) is 5.81. The molecule has 238 valence electrons. The fourth-order valence-electron chi connectivity index (χ4n) is 4.35. The lowest BCUT2D eigenvalue weighted by Crippen LogP contribution is -2.45. The standard InChI is InChI=1S/C31H31BrClIN4O7/c1-4-43-25-13-20(28-27(30(40)42-3)17(2)36-31(41)37-28)7-10-24(25)44-16-26(39)38-35-14-19-11-22(32)29(23(33)12-19)45-15-18-5-8-21(34)9-6-18/h5-14,26,28,38-39H,4,15-16H2,1-3H3,(H2,36,37,41)/b35-14-/t26-,28+/m1/s1. The molecule has 0 spiro atoms. The van der Waals surface area contributed by atoms with Crippen molar-refractivity contribution in [3.63, 3.8) is 0 Å². The van der Waals surface area contributed by atoms with Crippen molar-refractivity contribution in [2.24, 2.45) is 5.10 Å². The lowest BCUT2D eigenvalue weighted by atomic mass is 9.95. The van der Waals surface area contributed by atoms with Crippen molar-refractivity contribution in [1.82, 2.24) is 16.1 Å². The summed E-state index contributed by atoms with van der Waals surface area (Å²) in [6.07, 6.45) is 0.344. The number of halogens is 3. The van der Waals surface area contributed by atoms with E-state index in [0.29, 0.717) is 56.8 Å². The van der Waals surface area contributed by atoms with E-state index in [1.807, 2.05) is 31.2 Å². The minimum Gasteiger partial charge on any atom is -0.490 e. The largest absolute Gasteiger partial charge is 0.490 e. The molecule has 0 radical (unpaired) electrons. The predicted molar refractivity (Wildman–Crippen MR) is 182 cm³/mol. The molecule has 0 fully saturated rings. The highest BCUT2D eigenvalue weighted by Gasteiger charge is 2.32. The second kappa shape index (κ2) is 16.2. The minimum atomic E-state index is -1.16. The number of ether oxygens (including phenoxy) is 4. The number of nitrogens with zero attached hydrogens (tertiary/aromatic N) is 1. The number of aliphatic hydroxyl groups excluding tert-OH is 1. The van der Waals surface area contributed by atoms with Crippen LogP contribution in [0.25, 0.3) is 0 Å². The van der Waals surface area contributed by atoms with E-state index >= 15 is 0 Å². The van der Waals surface area contributed by atoms with Crippen molar-refractivity contribution in [2.75, 3.05) is 20.3 Å². The van der Waals surface area contributed by atoms with Gasteiger partial charge in [0.25, 0.3) is 0 Å². The van der Waals surface area contributed by atoms with E-state index in [1.54, 1.807) is 37.3 Å². The SMILES string of the molecule is CCOc1cc([C@@H]2NC(=O)NC(C)=C2C(=O)OC)ccc1OC[C@@H](O)N/N=C\c1cc(Cl)c(OCc2ccc(I)cc2)c(Br)c1. The van der Waals surface area contributed by atoms with Crippen LogP contribution in [0.5, 0.6) is 17.2 Å². The van der Waals surface area contributed by atoms with Gasteiger partial charge in [-0.15, -0.1) is 0 Å². The third kappa shape index (κ3) is 9.25. The number of hydrazone groups is 1. The highest BCUT2D eigenvalue weighted by Crippen LogP contribution is 2.36. The van der Waals surface area contributed by atoms with Gasteiger partial charge in [0.2, 0.25) is 0 Å². The Morgan fingerprint density at radius 2 is 1.91 bits per heavy atom. The second-order valence-electron chi connectivity index (χ2n) is 9.64. The van der Waals surface area contributed by atoms with Crippen LogP contribution >= 0.6 is 50.1 Å². The monoisotopic (exact) mass is 812 g/mol. The molecule has 45 heavy (non-hydrogen) atoms. The number of benzene rings is 3.